The number of benzene rings is 1. The SMILES string of the molecule is CCOc1ccc(NC(=O)[C@@H](N)CC)cc1OCC. The van der Waals surface area contributed by atoms with Gasteiger partial charge in [-0.2, -0.15) is 0 Å². The highest BCUT2D eigenvalue weighted by atomic mass is 16.5. The number of nitrogens with two attached hydrogens (primary N) is 1. The van der Waals surface area contributed by atoms with Gasteiger partial charge in [0.15, 0.2) is 11.5 Å². The Kier molecular flexibility index (Phi) is 6.15. The number of carbonyl (C=O) groups is 1. The first-order chi connectivity index (χ1) is 9.12. The molecule has 0 heterocycles. The lowest BCUT2D eigenvalue weighted by Crippen LogP contribution is -2.34. The Labute approximate surface area is 114 Å². The molecule has 5 heteroatoms. The van der Waals surface area contributed by atoms with Crippen LogP contribution in [0.3, 0.4) is 0 Å². The van der Waals surface area contributed by atoms with Gasteiger partial charge in [-0.1, -0.05) is 6.92 Å². The Bertz CT molecular complexity index is 421. The second-order valence-corrected chi connectivity index (χ2v) is 4.03. The van der Waals surface area contributed by atoms with E-state index in [0.717, 1.165) is 0 Å². The Morgan fingerprint density at radius 3 is 2.42 bits per heavy atom. The van der Waals surface area contributed by atoms with Crippen LogP contribution in [0.4, 0.5) is 5.69 Å². The van der Waals surface area contributed by atoms with Gasteiger partial charge in [-0.05, 0) is 32.4 Å². The first-order valence-corrected chi connectivity index (χ1v) is 6.58. The molecule has 0 aliphatic rings. The highest BCUT2D eigenvalue weighted by molar-refractivity contribution is 5.94. The maximum Gasteiger partial charge on any atom is 0.241 e. The summed E-state index contributed by atoms with van der Waals surface area (Å²) in [6.45, 7) is 6.77. The first kappa shape index (κ1) is 15.3. The fourth-order valence-corrected chi connectivity index (χ4v) is 1.55. The monoisotopic (exact) mass is 266 g/mol. The van der Waals surface area contributed by atoms with E-state index in [1.54, 1.807) is 18.2 Å². The van der Waals surface area contributed by atoms with Gasteiger partial charge in [0, 0.05) is 11.8 Å². The summed E-state index contributed by atoms with van der Waals surface area (Å²) < 4.78 is 10.9. The lowest BCUT2D eigenvalue weighted by Gasteiger charge is -2.14. The molecule has 1 aromatic carbocycles. The van der Waals surface area contributed by atoms with Gasteiger partial charge >= 0.3 is 0 Å². The third-order valence-corrected chi connectivity index (χ3v) is 2.59. The molecule has 0 unspecified atom stereocenters. The van der Waals surface area contributed by atoms with Crippen molar-refractivity contribution in [3.05, 3.63) is 18.2 Å². The summed E-state index contributed by atoms with van der Waals surface area (Å²) in [6, 6.07) is 4.80. The molecule has 1 rings (SSSR count). The summed E-state index contributed by atoms with van der Waals surface area (Å²) in [4.78, 5) is 11.7. The van der Waals surface area contributed by atoms with Gasteiger partial charge in [0.2, 0.25) is 5.91 Å². The van der Waals surface area contributed by atoms with Gasteiger partial charge in [0.25, 0.3) is 0 Å². The Morgan fingerprint density at radius 1 is 1.21 bits per heavy atom. The molecule has 0 saturated carbocycles. The van der Waals surface area contributed by atoms with Crippen LogP contribution in [0, 0.1) is 0 Å². The van der Waals surface area contributed by atoms with Crippen molar-refractivity contribution in [1.82, 2.24) is 0 Å². The van der Waals surface area contributed by atoms with Crippen molar-refractivity contribution < 1.29 is 14.3 Å². The number of nitrogens with one attached hydrogen (secondary N) is 1. The second-order valence-electron chi connectivity index (χ2n) is 4.03. The first-order valence-electron chi connectivity index (χ1n) is 6.58. The van der Waals surface area contributed by atoms with E-state index in [1.165, 1.54) is 0 Å². The second kappa shape index (κ2) is 7.63. The zero-order valence-corrected chi connectivity index (χ0v) is 11.7. The summed E-state index contributed by atoms with van der Waals surface area (Å²) in [6.07, 6.45) is 0.598. The molecular weight excluding hydrogens is 244 g/mol. The molecule has 0 spiro atoms. The van der Waals surface area contributed by atoms with E-state index >= 15 is 0 Å². The fraction of sp³-hybridized carbons (Fsp3) is 0.500. The minimum absolute atomic E-state index is 0.200. The zero-order valence-electron chi connectivity index (χ0n) is 11.7. The number of rotatable bonds is 7. The molecule has 19 heavy (non-hydrogen) atoms. The normalized spacial score (nSPS) is 11.8. The molecule has 106 valence electrons. The summed E-state index contributed by atoms with van der Waals surface area (Å²) in [5, 5.41) is 2.76. The van der Waals surface area contributed by atoms with Gasteiger partial charge in [-0.3, -0.25) is 4.79 Å². The van der Waals surface area contributed by atoms with Gasteiger partial charge < -0.3 is 20.5 Å². The lowest BCUT2D eigenvalue weighted by atomic mass is 10.2. The van der Waals surface area contributed by atoms with Crippen molar-refractivity contribution >= 4 is 11.6 Å². The summed E-state index contributed by atoms with van der Waals surface area (Å²) in [7, 11) is 0. The van der Waals surface area contributed by atoms with Crippen LogP contribution < -0.4 is 20.5 Å². The predicted molar refractivity (Wildman–Crippen MR) is 75.7 cm³/mol. The van der Waals surface area contributed by atoms with E-state index < -0.39 is 6.04 Å². The predicted octanol–water partition coefficient (Wildman–Crippen LogP) is 2.16. The van der Waals surface area contributed by atoms with Crippen molar-refractivity contribution in [3.8, 4) is 11.5 Å². The summed E-state index contributed by atoms with van der Waals surface area (Å²) in [5.41, 5.74) is 6.32. The van der Waals surface area contributed by atoms with E-state index in [1.807, 2.05) is 20.8 Å². The number of hydrogen-bond donors (Lipinski definition) is 2. The van der Waals surface area contributed by atoms with Crippen LogP contribution in [0.5, 0.6) is 11.5 Å². The largest absolute Gasteiger partial charge is 0.490 e. The lowest BCUT2D eigenvalue weighted by molar-refractivity contribution is -0.117. The molecule has 1 amide bonds. The van der Waals surface area contributed by atoms with Crippen molar-refractivity contribution in [1.29, 1.82) is 0 Å². The Morgan fingerprint density at radius 2 is 1.84 bits per heavy atom. The molecule has 1 atom stereocenters. The average molecular weight is 266 g/mol. The molecule has 0 aliphatic carbocycles. The van der Waals surface area contributed by atoms with Crippen molar-refractivity contribution in [2.75, 3.05) is 18.5 Å². The number of ether oxygens (including phenoxy) is 2. The number of anilines is 1. The minimum Gasteiger partial charge on any atom is -0.490 e. The van der Waals surface area contributed by atoms with Crippen LogP contribution >= 0.6 is 0 Å². The van der Waals surface area contributed by atoms with Crippen molar-refractivity contribution in [2.24, 2.45) is 5.73 Å². The number of carbonyl (C=O) groups excluding carboxylic acids is 1. The molecular formula is C14H22N2O3. The van der Waals surface area contributed by atoms with Crippen LogP contribution in [0.2, 0.25) is 0 Å². The third-order valence-electron chi connectivity index (χ3n) is 2.59. The summed E-state index contributed by atoms with van der Waals surface area (Å²) >= 11 is 0. The average Bonchev–Trinajstić information content (AvgIpc) is 2.41. The molecule has 5 nitrogen and oxygen atoms in total. The molecule has 0 bridgehead atoms. The van der Waals surface area contributed by atoms with Crippen LogP contribution in [0.1, 0.15) is 27.2 Å². The Hall–Kier alpha value is -1.75. The van der Waals surface area contributed by atoms with Crippen molar-refractivity contribution in [3.63, 3.8) is 0 Å². The van der Waals surface area contributed by atoms with Gasteiger partial charge in [0.05, 0.1) is 19.3 Å². The fourth-order valence-electron chi connectivity index (χ4n) is 1.55. The topological polar surface area (TPSA) is 73.6 Å². The molecule has 1 aromatic rings. The van der Waals surface area contributed by atoms with E-state index in [4.69, 9.17) is 15.2 Å². The molecule has 3 N–H and O–H groups in total. The zero-order chi connectivity index (χ0) is 14.3. The van der Waals surface area contributed by atoms with E-state index in [-0.39, 0.29) is 5.91 Å². The van der Waals surface area contributed by atoms with E-state index in [0.29, 0.717) is 36.8 Å². The molecule has 0 aliphatic heterocycles. The number of hydrogen-bond acceptors (Lipinski definition) is 4. The maximum atomic E-state index is 11.7. The van der Waals surface area contributed by atoms with Crippen LogP contribution in [0.25, 0.3) is 0 Å². The third kappa shape index (κ3) is 4.44. The highest BCUT2D eigenvalue weighted by Gasteiger charge is 2.12. The molecule has 0 saturated heterocycles. The van der Waals surface area contributed by atoms with Gasteiger partial charge in [-0.25, -0.2) is 0 Å². The summed E-state index contributed by atoms with van der Waals surface area (Å²) in [5.74, 6) is 1.09. The van der Waals surface area contributed by atoms with Gasteiger partial charge in [0.1, 0.15) is 0 Å². The molecule has 0 aromatic heterocycles. The minimum atomic E-state index is -0.498. The molecule has 0 radical (unpaired) electrons. The van der Waals surface area contributed by atoms with Gasteiger partial charge in [-0.15, -0.1) is 0 Å². The quantitative estimate of drug-likeness (QED) is 0.793. The Balaban J connectivity index is 2.85. The van der Waals surface area contributed by atoms with Crippen molar-refractivity contribution in [2.45, 2.75) is 33.2 Å². The van der Waals surface area contributed by atoms with Crippen LogP contribution in [0.15, 0.2) is 18.2 Å². The van der Waals surface area contributed by atoms with Crippen LogP contribution in [-0.2, 0) is 4.79 Å². The highest BCUT2D eigenvalue weighted by Crippen LogP contribution is 2.30. The smallest absolute Gasteiger partial charge is 0.241 e. The van der Waals surface area contributed by atoms with Crippen LogP contribution in [-0.4, -0.2) is 25.2 Å². The maximum absolute atomic E-state index is 11.7. The van der Waals surface area contributed by atoms with E-state index in [9.17, 15) is 4.79 Å². The standard InChI is InChI=1S/C14H22N2O3/c1-4-11(15)14(17)16-10-7-8-12(18-5-2)13(9-10)19-6-3/h7-9,11H,4-6,15H2,1-3H3,(H,16,17)/t11-/m0/s1. The van der Waals surface area contributed by atoms with E-state index in [2.05, 4.69) is 5.32 Å². The molecule has 0 fully saturated rings. The number of amides is 1.